The van der Waals surface area contributed by atoms with Gasteiger partial charge in [-0.15, -0.1) is 0 Å². The standard InChI is InChI=1S/C15H11FN4O/c16-13-2-1-10(15-12(13)4-6-21-15)7-17-11-8-18-14-3-5-19-20(14)9-11/h1-6,8-9,17H,7H2. The van der Waals surface area contributed by atoms with Gasteiger partial charge in [0.25, 0.3) is 0 Å². The Morgan fingerprint density at radius 3 is 3.14 bits per heavy atom. The van der Waals surface area contributed by atoms with Gasteiger partial charge in [0.15, 0.2) is 5.65 Å². The fourth-order valence-electron chi connectivity index (χ4n) is 2.32. The molecule has 1 N–H and O–H groups in total. The number of aromatic nitrogens is 3. The van der Waals surface area contributed by atoms with Gasteiger partial charge in [-0.2, -0.15) is 5.10 Å². The van der Waals surface area contributed by atoms with Crippen LogP contribution in [0.2, 0.25) is 0 Å². The van der Waals surface area contributed by atoms with Gasteiger partial charge in [-0.1, -0.05) is 6.07 Å². The molecule has 3 aromatic heterocycles. The van der Waals surface area contributed by atoms with E-state index in [-0.39, 0.29) is 5.82 Å². The van der Waals surface area contributed by atoms with Gasteiger partial charge in [-0.3, -0.25) is 0 Å². The summed E-state index contributed by atoms with van der Waals surface area (Å²) in [5.74, 6) is -0.276. The first kappa shape index (κ1) is 11.9. The molecule has 0 saturated carbocycles. The van der Waals surface area contributed by atoms with Crippen molar-refractivity contribution >= 4 is 22.3 Å². The fourth-order valence-corrected chi connectivity index (χ4v) is 2.32. The molecule has 104 valence electrons. The molecule has 0 spiro atoms. The lowest BCUT2D eigenvalue weighted by molar-refractivity contribution is 0.606. The zero-order valence-electron chi connectivity index (χ0n) is 11.0. The molecule has 6 heteroatoms. The molecule has 5 nitrogen and oxygen atoms in total. The summed E-state index contributed by atoms with van der Waals surface area (Å²) in [5.41, 5.74) is 3.07. The minimum absolute atomic E-state index is 0.276. The van der Waals surface area contributed by atoms with Gasteiger partial charge < -0.3 is 9.73 Å². The highest BCUT2D eigenvalue weighted by Crippen LogP contribution is 2.23. The second-order valence-electron chi connectivity index (χ2n) is 4.70. The minimum atomic E-state index is -0.276. The van der Waals surface area contributed by atoms with E-state index in [1.807, 2.05) is 12.3 Å². The smallest absolute Gasteiger partial charge is 0.155 e. The van der Waals surface area contributed by atoms with Crippen molar-refractivity contribution in [2.24, 2.45) is 0 Å². The number of hydrogen-bond donors (Lipinski definition) is 1. The molecular weight excluding hydrogens is 271 g/mol. The van der Waals surface area contributed by atoms with Gasteiger partial charge in [0.1, 0.15) is 11.4 Å². The highest BCUT2D eigenvalue weighted by atomic mass is 19.1. The van der Waals surface area contributed by atoms with Crippen molar-refractivity contribution < 1.29 is 8.81 Å². The Balaban J connectivity index is 1.63. The molecule has 3 heterocycles. The van der Waals surface area contributed by atoms with E-state index in [2.05, 4.69) is 15.4 Å². The number of halogens is 1. The Kier molecular flexibility index (Phi) is 2.60. The van der Waals surface area contributed by atoms with E-state index in [1.54, 1.807) is 29.0 Å². The summed E-state index contributed by atoms with van der Waals surface area (Å²) < 4.78 is 20.7. The van der Waals surface area contributed by atoms with Gasteiger partial charge >= 0.3 is 0 Å². The second-order valence-corrected chi connectivity index (χ2v) is 4.70. The summed E-state index contributed by atoms with van der Waals surface area (Å²) in [6.07, 6.45) is 6.78. The van der Waals surface area contributed by atoms with Crippen LogP contribution in [0.15, 0.2) is 53.5 Å². The number of nitrogens with one attached hydrogen (secondary N) is 1. The third-order valence-electron chi connectivity index (χ3n) is 3.37. The minimum Gasteiger partial charge on any atom is -0.464 e. The van der Waals surface area contributed by atoms with Gasteiger partial charge in [0, 0.05) is 18.2 Å². The van der Waals surface area contributed by atoms with Crippen molar-refractivity contribution in [2.75, 3.05) is 5.32 Å². The molecule has 4 rings (SSSR count). The van der Waals surface area contributed by atoms with Crippen molar-refractivity contribution in [1.82, 2.24) is 14.6 Å². The van der Waals surface area contributed by atoms with Crippen molar-refractivity contribution in [1.29, 1.82) is 0 Å². The van der Waals surface area contributed by atoms with Crippen LogP contribution < -0.4 is 5.32 Å². The molecule has 0 radical (unpaired) electrons. The SMILES string of the molecule is Fc1ccc(CNc2cnc3ccnn3c2)c2occc12. The summed E-state index contributed by atoms with van der Waals surface area (Å²) >= 11 is 0. The molecule has 0 bridgehead atoms. The van der Waals surface area contributed by atoms with Crippen LogP contribution in [-0.4, -0.2) is 14.6 Å². The van der Waals surface area contributed by atoms with Gasteiger partial charge in [-0.25, -0.2) is 13.9 Å². The van der Waals surface area contributed by atoms with Crippen LogP contribution in [0.5, 0.6) is 0 Å². The number of anilines is 1. The number of furan rings is 1. The zero-order chi connectivity index (χ0) is 14.2. The first-order chi connectivity index (χ1) is 10.3. The number of hydrogen-bond acceptors (Lipinski definition) is 4. The van der Waals surface area contributed by atoms with Crippen LogP contribution in [0.25, 0.3) is 16.6 Å². The largest absolute Gasteiger partial charge is 0.464 e. The number of nitrogens with zero attached hydrogens (tertiary/aromatic N) is 3. The Hall–Kier alpha value is -2.89. The normalized spacial score (nSPS) is 11.3. The first-order valence-corrected chi connectivity index (χ1v) is 6.49. The first-order valence-electron chi connectivity index (χ1n) is 6.49. The molecule has 0 fully saturated rings. The van der Waals surface area contributed by atoms with Crippen molar-refractivity contribution in [3.8, 4) is 0 Å². The van der Waals surface area contributed by atoms with Crippen LogP contribution in [-0.2, 0) is 6.54 Å². The van der Waals surface area contributed by atoms with Crippen LogP contribution in [0.1, 0.15) is 5.56 Å². The van der Waals surface area contributed by atoms with Crippen LogP contribution in [0.3, 0.4) is 0 Å². The Morgan fingerprint density at radius 1 is 1.24 bits per heavy atom. The Bertz CT molecular complexity index is 928. The van der Waals surface area contributed by atoms with Crippen molar-refractivity contribution in [3.63, 3.8) is 0 Å². The lowest BCUT2D eigenvalue weighted by Gasteiger charge is -2.07. The molecular formula is C15H11FN4O. The van der Waals surface area contributed by atoms with Crippen molar-refractivity contribution in [2.45, 2.75) is 6.54 Å². The van der Waals surface area contributed by atoms with E-state index in [1.165, 1.54) is 12.3 Å². The fraction of sp³-hybridized carbons (Fsp3) is 0.0667. The highest BCUT2D eigenvalue weighted by Gasteiger charge is 2.09. The topological polar surface area (TPSA) is 55.4 Å². The zero-order valence-corrected chi connectivity index (χ0v) is 11.0. The van der Waals surface area contributed by atoms with E-state index >= 15 is 0 Å². The van der Waals surface area contributed by atoms with Crippen LogP contribution in [0, 0.1) is 5.82 Å². The number of rotatable bonds is 3. The number of benzene rings is 1. The summed E-state index contributed by atoms with van der Waals surface area (Å²) in [4.78, 5) is 4.27. The molecule has 1 aromatic carbocycles. The Morgan fingerprint density at radius 2 is 2.19 bits per heavy atom. The maximum Gasteiger partial charge on any atom is 0.155 e. The third-order valence-corrected chi connectivity index (χ3v) is 3.37. The molecule has 21 heavy (non-hydrogen) atoms. The predicted molar refractivity (Wildman–Crippen MR) is 76.5 cm³/mol. The second kappa shape index (κ2) is 4.59. The van der Waals surface area contributed by atoms with E-state index in [9.17, 15) is 4.39 Å². The van der Waals surface area contributed by atoms with Gasteiger partial charge in [0.05, 0.1) is 35.9 Å². The molecule has 0 atom stereocenters. The molecule has 0 aliphatic rings. The molecule has 0 unspecified atom stereocenters. The van der Waals surface area contributed by atoms with E-state index in [0.717, 1.165) is 16.9 Å². The molecule has 0 amide bonds. The molecule has 0 aliphatic carbocycles. The van der Waals surface area contributed by atoms with Gasteiger partial charge in [0.2, 0.25) is 0 Å². The molecule has 0 aliphatic heterocycles. The lowest BCUT2D eigenvalue weighted by Crippen LogP contribution is -2.02. The van der Waals surface area contributed by atoms with Crippen molar-refractivity contribution in [3.05, 3.63) is 60.5 Å². The number of fused-ring (bicyclic) bond motifs is 2. The quantitative estimate of drug-likeness (QED) is 0.627. The van der Waals surface area contributed by atoms with Gasteiger partial charge in [-0.05, 0) is 12.1 Å². The molecule has 4 aromatic rings. The maximum atomic E-state index is 13.6. The maximum absolute atomic E-state index is 13.6. The lowest BCUT2D eigenvalue weighted by atomic mass is 10.1. The van der Waals surface area contributed by atoms with E-state index in [0.29, 0.717) is 17.5 Å². The summed E-state index contributed by atoms with van der Waals surface area (Å²) in [6, 6.07) is 6.62. The average molecular weight is 282 g/mol. The summed E-state index contributed by atoms with van der Waals surface area (Å²) in [6.45, 7) is 0.513. The predicted octanol–water partition coefficient (Wildman–Crippen LogP) is 3.23. The summed E-state index contributed by atoms with van der Waals surface area (Å²) in [7, 11) is 0. The van der Waals surface area contributed by atoms with Crippen LogP contribution in [0.4, 0.5) is 10.1 Å². The molecule has 0 saturated heterocycles. The monoisotopic (exact) mass is 282 g/mol. The van der Waals surface area contributed by atoms with Crippen LogP contribution >= 0.6 is 0 Å². The third kappa shape index (κ3) is 2.01. The van der Waals surface area contributed by atoms with E-state index in [4.69, 9.17) is 4.42 Å². The summed E-state index contributed by atoms with van der Waals surface area (Å²) in [5, 5.41) is 7.87. The Labute approximate surface area is 119 Å². The average Bonchev–Trinajstić information content (AvgIpc) is 3.15. The van der Waals surface area contributed by atoms with E-state index < -0.39 is 0 Å². The highest BCUT2D eigenvalue weighted by molar-refractivity contribution is 5.81.